The number of para-hydroxylation sites is 1. The van der Waals surface area contributed by atoms with Gasteiger partial charge in [-0.05, 0) is 23.6 Å². The SMILES string of the molecule is O=[C]c1sccc1C(=O)N(O)c1ccccc1. The van der Waals surface area contributed by atoms with Crippen molar-refractivity contribution in [2.45, 2.75) is 0 Å². The van der Waals surface area contributed by atoms with Crippen LogP contribution in [0.25, 0.3) is 0 Å². The summed E-state index contributed by atoms with van der Waals surface area (Å²) >= 11 is 1.11. The highest BCUT2D eigenvalue weighted by atomic mass is 32.1. The van der Waals surface area contributed by atoms with Crippen LogP contribution in [0.2, 0.25) is 0 Å². The molecule has 0 saturated carbocycles. The van der Waals surface area contributed by atoms with E-state index < -0.39 is 5.91 Å². The van der Waals surface area contributed by atoms with Crippen molar-refractivity contribution in [1.82, 2.24) is 0 Å². The van der Waals surface area contributed by atoms with Crippen LogP contribution >= 0.6 is 11.3 Å². The molecule has 0 bridgehead atoms. The molecule has 0 saturated heterocycles. The van der Waals surface area contributed by atoms with Crippen molar-refractivity contribution >= 4 is 29.2 Å². The predicted molar refractivity (Wildman–Crippen MR) is 64.2 cm³/mol. The van der Waals surface area contributed by atoms with E-state index in [4.69, 9.17) is 0 Å². The molecule has 1 N–H and O–H groups in total. The molecule has 85 valence electrons. The minimum absolute atomic E-state index is 0.149. The van der Waals surface area contributed by atoms with Gasteiger partial charge in [0.05, 0.1) is 16.1 Å². The lowest BCUT2D eigenvalue weighted by molar-refractivity contribution is 0.0855. The monoisotopic (exact) mass is 246 g/mol. The van der Waals surface area contributed by atoms with Gasteiger partial charge in [-0.2, -0.15) is 5.06 Å². The normalized spacial score (nSPS) is 9.94. The topological polar surface area (TPSA) is 57.6 Å². The maximum absolute atomic E-state index is 11.9. The Kier molecular flexibility index (Phi) is 3.32. The first-order chi connectivity index (χ1) is 8.24. The molecular formula is C12H8NO3S. The fraction of sp³-hybridized carbons (Fsp3) is 0. The molecule has 2 rings (SSSR count). The van der Waals surface area contributed by atoms with Gasteiger partial charge in [0.25, 0.3) is 5.91 Å². The van der Waals surface area contributed by atoms with Crippen molar-refractivity contribution in [3.63, 3.8) is 0 Å². The quantitative estimate of drug-likeness (QED) is 0.667. The summed E-state index contributed by atoms with van der Waals surface area (Å²) in [5, 5.41) is 11.9. The van der Waals surface area contributed by atoms with Gasteiger partial charge >= 0.3 is 0 Å². The maximum atomic E-state index is 11.9. The van der Waals surface area contributed by atoms with Gasteiger partial charge in [-0.25, -0.2) is 0 Å². The van der Waals surface area contributed by atoms with E-state index in [1.807, 2.05) is 0 Å². The molecule has 0 fully saturated rings. The summed E-state index contributed by atoms with van der Waals surface area (Å²) in [5.74, 6) is -0.643. The Balaban J connectivity index is 2.30. The number of rotatable bonds is 3. The highest BCUT2D eigenvalue weighted by Gasteiger charge is 2.19. The molecular weight excluding hydrogens is 238 g/mol. The first kappa shape index (κ1) is 11.5. The zero-order valence-corrected chi connectivity index (χ0v) is 9.48. The van der Waals surface area contributed by atoms with Gasteiger partial charge in [-0.3, -0.25) is 14.8 Å². The Labute approximate surface area is 102 Å². The van der Waals surface area contributed by atoms with E-state index in [2.05, 4.69) is 0 Å². The lowest BCUT2D eigenvalue weighted by Crippen LogP contribution is -2.27. The smallest absolute Gasteiger partial charge is 0.283 e. The van der Waals surface area contributed by atoms with Crippen LogP contribution in [-0.2, 0) is 4.79 Å². The Morgan fingerprint density at radius 3 is 2.59 bits per heavy atom. The molecule has 0 aliphatic carbocycles. The van der Waals surface area contributed by atoms with Crippen molar-refractivity contribution in [3.05, 3.63) is 52.2 Å². The Morgan fingerprint density at radius 2 is 1.94 bits per heavy atom. The third-order valence-corrected chi connectivity index (χ3v) is 2.99. The second-order valence-corrected chi connectivity index (χ2v) is 4.13. The fourth-order valence-corrected chi connectivity index (χ4v) is 2.03. The maximum Gasteiger partial charge on any atom is 0.283 e. The lowest BCUT2D eigenvalue weighted by Gasteiger charge is -2.14. The molecule has 4 nitrogen and oxygen atoms in total. The second-order valence-electron chi connectivity index (χ2n) is 3.22. The van der Waals surface area contributed by atoms with Crippen LogP contribution < -0.4 is 5.06 Å². The molecule has 1 radical (unpaired) electrons. The molecule has 0 unspecified atom stereocenters. The van der Waals surface area contributed by atoms with Gasteiger partial charge in [-0.15, -0.1) is 11.3 Å². The molecule has 0 aliphatic rings. The average molecular weight is 246 g/mol. The van der Waals surface area contributed by atoms with Gasteiger partial charge in [0, 0.05) is 0 Å². The first-order valence-electron chi connectivity index (χ1n) is 4.78. The molecule has 1 aromatic carbocycles. The fourth-order valence-electron chi connectivity index (χ4n) is 1.36. The third-order valence-electron chi connectivity index (χ3n) is 2.18. The number of anilines is 1. The molecule has 0 aliphatic heterocycles. The lowest BCUT2D eigenvalue weighted by atomic mass is 10.2. The van der Waals surface area contributed by atoms with Crippen LogP contribution in [0, 0.1) is 0 Å². The molecule has 1 amide bonds. The number of carbonyl (C=O) groups excluding carboxylic acids is 2. The summed E-state index contributed by atoms with van der Waals surface area (Å²) < 4.78 is 0. The van der Waals surface area contributed by atoms with Gasteiger partial charge < -0.3 is 0 Å². The van der Waals surface area contributed by atoms with E-state index in [0.717, 1.165) is 11.3 Å². The standard InChI is InChI=1S/C12H8NO3S/c14-8-11-10(6-7-17-11)12(15)13(16)9-4-2-1-3-5-9/h1-7,16H. The number of nitrogens with zero attached hydrogens (tertiary/aromatic N) is 1. The van der Waals surface area contributed by atoms with E-state index in [1.165, 1.54) is 6.07 Å². The van der Waals surface area contributed by atoms with E-state index in [0.29, 0.717) is 10.8 Å². The van der Waals surface area contributed by atoms with Crippen LogP contribution in [0.4, 0.5) is 5.69 Å². The van der Waals surface area contributed by atoms with Crippen molar-refractivity contribution in [2.75, 3.05) is 5.06 Å². The number of hydroxylamine groups is 1. The molecule has 5 heteroatoms. The predicted octanol–water partition coefficient (Wildman–Crippen LogP) is 2.24. The van der Waals surface area contributed by atoms with Crippen LogP contribution in [0.3, 0.4) is 0 Å². The number of carbonyl (C=O) groups is 1. The van der Waals surface area contributed by atoms with Crippen LogP contribution in [0.1, 0.15) is 15.2 Å². The summed E-state index contributed by atoms with van der Waals surface area (Å²) in [6.07, 6.45) is 1.67. The molecule has 1 aromatic heterocycles. The van der Waals surface area contributed by atoms with Crippen LogP contribution in [-0.4, -0.2) is 17.4 Å². The number of amides is 1. The van der Waals surface area contributed by atoms with Gasteiger partial charge in [0.2, 0.25) is 6.29 Å². The van der Waals surface area contributed by atoms with Crippen molar-refractivity contribution < 1.29 is 14.8 Å². The Bertz CT molecular complexity index is 536. The zero-order chi connectivity index (χ0) is 12.3. The summed E-state index contributed by atoms with van der Waals surface area (Å²) in [7, 11) is 0. The molecule has 0 spiro atoms. The number of hydrogen-bond donors (Lipinski definition) is 1. The van der Waals surface area contributed by atoms with Gasteiger partial charge in [0.1, 0.15) is 0 Å². The minimum Gasteiger partial charge on any atom is -0.284 e. The molecule has 2 aromatic rings. The summed E-state index contributed by atoms with van der Waals surface area (Å²) in [6, 6.07) is 9.85. The average Bonchev–Trinajstić information content (AvgIpc) is 2.86. The molecule has 0 atom stereocenters. The van der Waals surface area contributed by atoms with E-state index >= 15 is 0 Å². The summed E-state index contributed by atoms with van der Waals surface area (Å²) in [4.78, 5) is 22.7. The number of benzene rings is 1. The van der Waals surface area contributed by atoms with Gasteiger partial charge in [0.15, 0.2) is 0 Å². The number of hydrogen-bond acceptors (Lipinski definition) is 4. The summed E-state index contributed by atoms with van der Waals surface area (Å²) in [5.41, 5.74) is 0.497. The molecule has 17 heavy (non-hydrogen) atoms. The van der Waals surface area contributed by atoms with Crippen molar-refractivity contribution in [3.8, 4) is 0 Å². The van der Waals surface area contributed by atoms with Crippen molar-refractivity contribution in [1.29, 1.82) is 0 Å². The van der Waals surface area contributed by atoms with Crippen LogP contribution in [0.5, 0.6) is 0 Å². The van der Waals surface area contributed by atoms with Crippen molar-refractivity contribution in [2.24, 2.45) is 0 Å². The Morgan fingerprint density at radius 1 is 1.24 bits per heavy atom. The zero-order valence-electron chi connectivity index (χ0n) is 8.66. The first-order valence-corrected chi connectivity index (χ1v) is 5.66. The Hall–Kier alpha value is -1.98. The van der Waals surface area contributed by atoms with Crippen LogP contribution in [0.15, 0.2) is 41.8 Å². The highest BCUT2D eigenvalue weighted by molar-refractivity contribution is 7.12. The van der Waals surface area contributed by atoms with E-state index in [-0.39, 0.29) is 10.4 Å². The van der Waals surface area contributed by atoms with E-state index in [9.17, 15) is 14.8 Å². The highest BCUT2D eigenvalue weighted by Crippen LogP contribution is 2.19. The minimum atomic E-state index is -0.643. The van der Waals surface area contributed by atoms with E-state index in [1.54, 1.807) is 42.0 Å². The summed E-state index contributed by atoms with van der Waals surface area (Å²) in [6.45, 7) is 0. The molecule has 1 heterocycles. The largest absolute Gasteiger partial charge is 0.284 e. The third kappa shape index (κ3) is 2.25. The second kappa shape index (κ2) is 4.90. The number of thiophene rings is 1. The van der Waals surface area contributed by atoms with Gasteiger partial charge in [-0.1, -0.05) is 18.2 Å².